The zero-order valence-electron chi connectivity index (χ0n) is 15.3. The quantitative estimate of drug-likeness (QED) is 0.662. The molecule has 3 rings (SSSR count). The van der Waals surface area contributed by atoms with E-state index in [0.29, 0.717) is 32.5 Å². The molecule has 142 valence electrons. The smallest absolute Gasteiger partial charge is 0.355 e. The van der Waals surface area contributed by atoms with Crippen molar-refractivity contribution in [1.29, 1.82) is 0 Å². The summed E-state index contributed by atoms with van der Waals surface area (Å²) in [5, 5.41) is 4.55. The Morgan fingerprint density at radius 1 is 1.22 bits per heavy atom. The van der Waals surface area contributed by atoms with Gasteiger partial charge in [-0.3, -0.25) is 4.79 Å². The molecule has 0 bridgehead atoms. The van der Waals surface area contributed by atoms with Crippen molar-refractivity contribution < 1.29 is 19.1 Å². The fourth-order valence-electron chi connectivity index (χ4n) is 2.68. The molecule has 0 atom stereocenters. The van der Waals surface area contributed by atoms with Gasteiger partial charge in [-0.05, 0) is 33.3 Å². The van der Waals surface area contributed by atoms with Crippen LogP contribution in [-0.2, 0) is 16.1 Å². The van der Waals surface area contributed by atoms with Gasteiger partial charge in [0.05, 0.1) is 12.2 Å². The molecule has 0 amide bonds. The van der Waals surface area contributed by atoms with E-state index in [-0.39, 0.29) is 24.5 Å². The van der Waals surface area contributed by atoms with Crippen molar-refractivity contribution in [2.24, 2.45) is 0 Å². The van der Waals surface area contributed by atoms with Crippen molar-refractivity contribution in [2.45, 2.75) is 34.3 Å². The van der Waals surface area contributed by atoms with Crippen LogP contribution >= 0.6 is 11.3 Å². The van der Waals surface area contributed by atoms with Crippen LogP contribution in [-0.4, -0.2) is 38.1 Å². The number of rotatable bonds is 5. The molecule has 0 spiro atoms. The number of esters is 2. The summed E-state index contributed by atoms with van der Waals surface area (Å²) >= 11 is 1.17. The molecule has 0 fully saturated rings. The molecule has 0 radical (unpaired) electrons. The molecule has 1 N–H and O–H groups in total. The number of ether oxygens (including phenoxy) is 2. The molecule has 3 aromatic heterocycles. The standard InChI is InChI=1S/C17H18N4O5S/c1-5-25-15(23)13-9(3)14(19-10(13)4)16(24)26-7-11-20-21-12(22)6-8(2)18-17(21)27-11/h6,19H,5,7H2,1-4H3. The van der Waals surface area contributed by atoms with Crippen LogP contribution in [0.1, 0.15) is 49.7 Å². The second kappa shape index (κ2) is 7.31. The van der Waals surface area contributed by atoms with Gasteiger partial charge < -0.3 is 14.5 Å². The van der Waals surface area contributed by atoms with Crippen LogP contribution in [0.2, 0.25) is 0 Å². The van der Waals surface area contributed by atoms with Crippen LogP contribution in [0.25, 0.3) is 4.96 Å². The fraction of sp³-hybridized carbons (Fsp3) is 0.353. The number of hydrogen-bond acceptors (Lipinski definition) is 8. The molecule has 0 unspecified atom stereocenters. The molecule has 3 aromatic rings. The molecule has 10 heteroatoms. The van der Waals surface area contributed by atoms with Gasteiger partial charge in [-0.2, -0.15) is 9.61 Å². The molecule has 3 heterocycles. The van der Waals surface area contributed by atoms with Crippen molar-refractivity contribution in [3.05, 3.63) is 49.6 Å². The monoisotopic (exact) mass is 390 g/mol. The summed E-state index contributed by atoms with van der Waals surface area (Å²) in [7, 11) is 0. The van der Waals surface area contributed by atoms with E-state index >= 15 is 0 Å². The number of aryl methyl sites for hydroxylation is 2. The summed E-state index contributed by atoms with van der Waals surface area (Å²) in [5.41, 5.74) is 1.81. The molecule has 0 aliphatic heterocycles. The summed E-state index contributed by atoms with van der Waals surface area (Å²) in [5.74, 6) is -1.11. The zero-order valence-corrected chi connectivity index (χ0v) is 16.1. The third-order valence-corrected chi connectivity index (χ3v) is 4.74. The number of hydrogen-bond donors (Lipinski definition) is 1. The van der Waals surface area contributed by atoms with E-state index in [1.165, 1.54) is 21.9 Å². The lowest BCUT2D eigenvalue weighted by Gasteiger charge is -2.03. The van der Waals surface area contributed by atoms with E-state index in [1.54, 1.807) is 27.7 Å². The first-order valence-corrected chi connectivity index (χ1v) is 9.03. The largest absolute Gasteiger partial charge is 0.462 e. The first-order chi connectivity index (χ1) is 12.8. The predicted molar refractivity (Wildman–Crippen MR) is 97.2 cm³/mol. The minimum Gasteiger partial charge on any atom is -0.462 e. The maximum Gasteiger partial charge on any atom is 0.355 e. The number of fused-ring (bicyclic) bond motifs is 1. The van der Waals surface area contributed by atoms with Gasteiger partial charge >= 0.3 is 11.9 Å². The van der Waals surface area contributed by atoms with Crippen LogP contribution < -0.4 is 5.56 Å². The lowest BCUT2D eigenvalue weighted by molar-refractivity contribution is 0.0464. The van der Waals surface area contributed by atoms with Gasteiger partial charge in [0.1, 0.15) is 12.3 Å². The number of carbonyl (C=O) groups excluding carboxylic acids is 2. The predicted octanol–water partition coefficient (Wildman–Crippen LogP) is 1.94. The molecule has 0 saturated heterocycles. The average molecular weight is 390 g/mol. The second-order valence-corrected chi connectivity index (χ2v) is 6.89. The lowest BCUT2D eigenvalue weighted by atomic mass is 10.1. The minimum atomic E-state index is -0.623. The highest BCUT2D eigenvalue weighted by Crippen LogP contribution is 2.21. The first-order valence-electron chi connectivity index (χ1n) is 8.21. The van der Waals surface area contributed by atoms with Gasteiger partial charge in [-0.15, -0.1) is 0 Å². The zero-order chi connectivity index (χ0) is 19.7. The van der Waals surface area contributed by atoms with Gasteiger partial charge in [0, 0.05) is 17.5 Å². The maximum atomic E-state index is 12.4. The molecule has 0 aliphatic carbocycles. The number of nitrogens with one attached hydrogen (secondary N) is 1. The summed E-state index contributed by atoms with van der Waals surface area (Å²) in [6, 6.07) is 1.38. The molecule has 9 nitrogen and oxygen atoms in total. The molecule has 0 saturated carbocycles. The van der Waals surface area contributed by atoms with Gasteiger partial charge in [-0.1, -0.05) is 11.3 Å². The molecular formula is C17H18N4O5S. The van der Waals surface area contributed by atoms with Crippen LogP contribution in [0, 0.1) is 20.8 Å². The number of aromatic nitrogens is 4. The van der Waals surface area contributed by atoms with E-state index in [4.69, 9.17) is 9.47 Å². The maximum absolute atomic E-state index is 12.4. The van der Waals surface area contributed by atoms with Crippen LogP contribution in [0.3, 0.4) is 0 Å². The highest BCUT2D eigenvalue weighted by atomic mass is 32.1. The third-order valence-electron chi connectivity index (χ3n) is 3.86. The normalized spacial score (nSPS) is 11.0. The van der Waals surface area contributed by atoms with Crippen molar-refractivity contribution in [3.8, 4) is 0 Å². The minimum absolute atomic E-state index is 0.113. The molecule has 0 aromatic carbocycles. The number of aromatic amines is 1. The van der Waals surface area contributed by atoms with E-state index in [9.17, 15) is 14.4 Å². The Labute approximate surface area is 158 Å². The topological polar surface area (TPSA) is 116 Å². The Morgan fingerprint density at radius 2 is 1.96 bits per heavy atom. The SMILES string of the molecule is CCOC(=O)c1c(C)[nH]c(C(=O)OCc2nn3c(=O)cc(C)nc3s2)c1C. The Balaban J connectivity index is 1.79. The molecule has 0 aliphatic rings. The van der Waals surface area contributed by atoms with E-state index in [1.807, 2.05) is 0 Å². The third kappa shape index (κ3) is 3.61. The number of nitrogens with zero attached hydrogens (tertiary/aromatic N) is 3. The highest BCUT2D eigenvalue weighted by molar-refractivity contribution is 7.16. The summed E-state index contributed by atoms with van der Waals surface area (Å²) < 4.78 is 11.5. The first kappa shape index (κ1) is 18.8. The summed E-state index contributed by atoms with van der Waals surface area (Å²) in [6.07, 6.45) is 0. The Hall–Kier alpha value is -3.01. The Kier molecular flexibility index (Phi) is 5.08. The van der Waals surface area contributed by atoms with Crippen molar-refractivity contribution >= 4 is 28.2 Å². The second-order valence-electron chi connectivity index (χ2n) is 5.85. The fourth-order valence-corrected chi connectivity index (χ4v) is 3.54. The Bertz CT molecular complexity index is 1090. The van der Waals surface area contributed by atoms with E-state index < -0.39 is 11.9 Å². The van der Waals surface area contributed by atoms with Crippen molar-refractivity contribution in [3.63, 3.8) is 0 Å². The van der Waals surface area contributed by atoms with Gasteiger partial charge in [-0.25, -0.2) is 14.6 Å². The van der Waals surface area contributed by atoms with Gasteiger partial charge in [0.25, 0.3) is 5.56 Å². The molecular weight excluding hydrogens is 372 g/mol. The van der Waals surface area contributed by atoms with Crippen molar-refractivity contribution in [1.82, 2.24) is 19.6 Å². The van der Waals surface area contributed by atoms with Crippen LogP contribution in [0.15, 0.2) is 10.9 Å². The Morgan fingerprint density at radius 3 is 2.67 bits per heavy atom. The molecule has 27 heavy (non-hydrogen) atoms. The highest BCUT2D eigenvalue weighted by Gasteiger charge is 2.24. The van der Waals surface area contributed by atoms with E-state index in [2.05, 4.69) is 15.1 Å². The lowest BCUT2D eigenvalue weighted by Crippen LogP contribution is -2.14. The van der Waals surface area contributed by atoms with E-state index in [0.717, 1.165) is 0 Å². The average Bonchev–Trinajstić information content (AvgIpc) is 3.13. The van der Waals surface area contributed by atoms with Crippen molar-refractivity contribution in [2.75, 3.05) is 6.61 Å². The van der Waals surface area contributed by atoms with Gasteiger partial charge in [0.15, 0.2) is 5.01 Å². The number of carbonyl (C=O) groups is 2. The van der Waals surface area contributed by atoms with Gasteiger partial charge in [0.2, 0.25) is 4.96 Å². The summed E-state index contributed by atoms with van der Waals surface area (Å²) in [4.78, 5) is 43.8. The number of H-pyrrole nitrogens is 1. The van der Waals surface area contributed by atoms with Crippen LogP contribution in [0.5, 0.6) is 0 Å². The van der Waals surface area contributed by atoms with Crippen LogP contribution in [0.4, 0.5) is 0 Å². The summed E-state index contributed by atoms with van der Waals surface area (Å²) in [6.45, 7) is 6.90.